The zero-order valence-corrected chi connectivity index (χ0v) is 8.71. The fourth-order valence-electron chi connectivity index (χ4n) is 2.51. The summed E-state index contributed by atoms with van der Waals surface area (Å²) in [5.41, 5.74) is 1.42. The average molecular weight is 190 g/mol. The van der Waals surface area contributed by atoms with Gasteiger partial charge in [-0.2, -0.15) is 0 Å². The van der Waals surface area contributed by atoms with Gasteiger partial charge in [-0.25, -0.2) is 0 Å². The van der Waals surface area contributed by atoms with Gasteiger partial charge in [0.15, 0.2) is 0 Å². The third kappa shape index (κ3) is 1.17. The lowest BCUT2D eigenvalue weighted by Gasteiger charge is -2.50. The van der Waals surface area contributed by atoms with Crippen LogP contribution in [-0.4, -0.2) is 35.0 Å². The maximum Gasteiger partial charge on any atom is 0.0604 e. The summed E-state index contributed by atoms with van der Waals surface area (Å²) in [5, 5.41) is 0. The maximum atomic E-state index is 3.99. The van der Waals surface area contributed by atoms with Gasteiger partial charge < -0.3 is 9.80 Å². The van der Waals surface area contributed by atoms with Gasteiger partial charge in [-0.15, -0.1) is 0 Å². The highest BCUT2D eigenvalue weighted by Gasteiger charge is 2.47. The quantitative estimate of drug-likeness (QED) is 0.628. The molecule has 14 heavy (non-hydrogen) atoms. The molecule has 2 heteroatoms. The molecular formula is C12H18N2. The van der Waals surface area contributed by atoms with Gasteiger partial charge in [0.1, 0.15) is 0 Å². The summed E-state index contributed by atoms with van der Waals surface area (Å²) in [5.74, 6) is 0. The highest BCUT2D eigenvalue weighted by atomic mass is 15.3. The number of nitrogens with zero attached hydrogens (tertiary/aromatic N) is 2. The van der Waals surface area contributed by atoms with E-state index in [9.17, 15) is 0 Å². The van der Waals surface area contributed by atoms with Crippen LogP contribution in [-0.2, 0) is 0 Å². The molecule has 0 unspecified atom stereocenters. The fourth-order valence-corrected chi connectivity index (χ4v) is 2.51. The smallest absolute Gasteiger partial charge is 0.0604 e. The molecule has 76 valence electrons. The van der Waals surface area contributed by atoms with E-state index in [-0.39, 0.29) is 0 Å². The summed E-state index contributed by atoms with van der Waals surface area (Å²) in [6, 6.07) is 0. The second-order valence-corrected chi connectivity index (χ2v) is 4.22. The van der Waals surface area contributed by atoms with E-state index in [0.717, 1.165) is 25.3 Å². The van der Waals surface area contributed by atoms with E-state index in [1.807, 2.05) is 12.3 Å². The molecule has 2 fully saturated rings. The topological polar surface area (TPSA) is 6.48 Å². The van der Waals surface area contributed by atoms with Gasteiger partial charge in [0, 0.05) is 25.3 Å². The predicted molar refractivity (Wildman–Crippen MR) is 59.8 cm³/mol. The minimum atomic E-state index is 0.369. The molecule has 2 saturated heterocycles. The lowest BCUT2D eigenvalue weighted by atomic mass is 9.84. The molecule has 0 aromatic heterocycles. The molecule has 0 aliphatic carbocycles. The molecule has 1 atom stereocenters. The lowest BCUT2D eigenvalue weighted by molar-refractivity contribution is 0.0450. The summed E-state index contributed by atoms with van der Waals surface area (Å²) >= 11 is 0. The molecule has 0 bridgehead atoms. The Morgan fingerprint density at radius 3 is 2.43 bits per heavy atom. The molecule has 0 saturated carbocycles. The van der Waals surface area contributed by atoms with E-state index < -0.39 is 0 Å². The fraction of sp³-hybridized carbons (Fsp3) is 0.500. The monoisotopic (exact) mass is 190 g/mol. The molecule has 0 amide bonds. The van der Waals surface area contributed by atoms with Gasteiger partial charge in [-0.1, -0.05) is 19.7 Å². The van der Waals surface area contributed by atoms with Gasteiger partial charge in [-0.05, 0) is 25.1 Å². The average Bonchev–Trinajstić information content (AvgIpc) is 2.62. The molecule has 1 spiro atoms. The Morgan fingerprint density at radius 1 is 1.21 bits per heavy atom. The molecule has 0 radical (unpaired) electrons. The summed E-state index contributed by atoms with van der Waals surface area (Å²) in [6.45, 7) is 15.0. The molecule has 2 aliphatic heterocycles. The van der Waals surface area contributed by atoms with Crippen molar-refractivity contribution in [3.8, 4) is 0 Å². The zero-order valence-electron chi connectivity index (χ0n) is 8.71. The molecule has 0 aromatic carbocycles. The maximum absolute atomic E-state index is 3.99. The van der Waals surface area contributed by atoms with Crippen molar-refractivity contribution >= 4 is 0 Å². The summed E-state index contributed by atoms with van der Waals surface area (Å²) < 4.78 is 0. The second-order valence-electron chi connectivity index (χ2n) is 4.22. The largest absolute Gasteiger partial charge is 0.370 e. The Morgan fingerprint density at radius 2 is 1.93 bits per heavy atom. The van der Waals surface area contributed by atoms with Gasteiger partial charge in [0.25, 0.3) is 0 Å². The third-order valence-corrected chi connectivity index (χ3v) is 3.62. The summed E-state index contributed by atoms with van der Waals surface area (Å²) in [4.78, 5) is 4.69. The van der Waals surface area contributed by atoms with E-state index in [1.54, 1.807) is 0 Å². The van der Waals surface area contributed by atoms with Crippen LogP contribution in [0.4, 0.5) is 0 Å². The first-order valence-corrected chi connectivity index (χ1v) is 5.17. The normalized spacial score (nSPS) is 30.3. The van der Waals surface area contributed by atoms with Crippen LogP contribution in [0, 0.1) is 0 Å². The molecule has 0 aromatic rings. The van der Waals surface area contributed by atoms with Crippen LogP contribution < -0.4 is 0 Å². The van der Waals surface area contributed by atoms with Gasteiger partial charge in [0.2, 0.25) is 0 Å². The van der Waals surface area contributed by atoms with Crippen molar-refractivity contribution in [3.05, 3.63) is 37.7 Å². The minimum Gasteiger partial charge on any atom is -0.370 e. The summed E-state index contributed by atoms with van der Waals surface area (Å²) in [7, 11) is 0. The summed E-state index contributed by atoms with van der Waals surface area (Å²) in [6.07, 6.45) is 6.34. The van der Waals surface area contributed by atoms with Crippen LogP contribution >= 0.6 is 0 Å². The Labute approximate surface area is 86.2 Å². The molecule has 2 nitrogen and oxygen atoms in total. The van der Waals surface area contributed by atoms with Crippen molar-refractivity contribution < 1.29 is 0 Å². The van der Waals surface area contributed by atoms with Crippen molar-refractivity contribution in [2.45, 2.75) is 18.4 Å². The SMILES string of the molecule is C=CC(=C)N1CC[C@@]2(CCN2C=C)C1. The van der Waals surface area contributed by atoms with Crippen molar-refractivity contribution in [3.63, 3.8) is 0 Å². The van der Waals surface area contributed by atoms with Crippen molar-refractivity contribution in [1.29, 1.82) is 0 Å². The van der Waals surface area contributed by atoms with Crippen LogP contribution in [0.5, 0.6) is 0 Å². The third-order valence-electron chi connectivity index (χ3n) is 3.62. The Hall–Kier alpha value is -1.18. The number of hydrogen-bond acceptors (Lipinski definition) is 2. The van der Waals surface area contributed by atoms with E-state index in [0.29, 0.717) is 5.54 Å². The first-order chi connectivity index (χ1) is 6.72. The first-order valence-electron chi connectivity index (χ1n) is 5.17. The second kappa shape index (κ2) is 3.19. The van der Waals surface area contributed by atoms with E-state index in [2.05, 4.69) is 29.5 Å². The lowest BCUT2D eigenvalue weighted by Crippen LogP contribution is -2.58. The van der Waals surface area contributed by atoms with Crippen LogP contribution in [0.2, 0.25) is 0 Å². The van der Waals surface area contributed by atoms with Crippen molar-refractivity contribution in [2.75, 3.05) is 19.6 Å². The molecular weight excluding hydrogens is 172 g/mol. The molecule has 2 rings (SSSR count). The van der Waals surface area contributed by atoms with Gasteiger partial charge >= 0.3 is 0 Å². The highest BCUT2D eigenvalue weighted by molar-refractivity contribution is 5.17. The van der Waals surface area contributed by atoms with E-state index >= 15 is 0 Å². The van der Waals surface area contributed by atoms with E-state index in [4.69, 9.17) is 0 Å². The van der Waals surface area contributed by atoms with Crippen molar-refractivity contribution in [1.82, 2.24) is 9.80 Å². The van der Waals surface area contributed by atoms with Crippen LogP contribution in [0.1, 0.15) is 12.8 Å². The predicted octanol–water partition coefficient (Wildman–Crippen LogP) is 1.98. The Kier molecular flexibility index (Phi) is 2.14. The standard InChI is InChI=1S/C12H18N2/c1-4-11(3)13-8-6-12(10-13)7-9-14(12)5-2/h4-5H,1-3,6-10H2/t12-/m1/s1. The molecule has 2 heterocycles. The number of hydrogen-bond donors (Lipinski definition) is 0. The first kappa shape index (κ1) is 9.38. The van der Waals surface area contributed by atoms with Crippen LogP contribution in [0.15, 0.2) is 37.7 Å². The Bertz CT molecular complexity index is 282. The number of rotatable bonds is 3. The number of allylic oxidation sites excluding steroid dienone is 1. The molecule has 2 aliphatic rings. The van der Waals surface area contributed by atoms with Crippen LogP contribution in [0.3, 0.4) is 0 Å². The van der Waals surface area contributed by atoms with Gasteiger partial charge in [0.05, 0.1) is 5.54 Å². The van der Waals surface area contributed by atoms with Crippen LogP contribution in [0.25, 0.3) is 0 Å². The Balaban J connectivity index is 2.04. The zero-order chi connectivity index (χ0) is 10.2. The minimum absolute atomic E-state index is 0.369. The van der Waals surface area contributed by atoms with E-state index in [1.165, 1.54) is 12.8 Å². The molecule has 0 N–H and O–H groups in total. The van der Waals surface area contributed by atoms with Gasteiger partial charge in [-0.3, -0.25) is 0 Å². The highest BCUT2D eigenvalue weighted by Crippen LogP contribution is 2.40. The van der Waals surface area contributed by atoms with Crippen molar-refractivity contribution in [2.24, 2.45) is 0 Å². The number of likely N-dealkylation sites (tertiary alicyclic amines) is 2.